The molecule has 0 aliphatic heterocycles. The second-order valence-corrected chi connectivity index (χ2v) is 5.25. The SMILES string of the molecule is CCNCc1cc(-c2ccc(OC)c(Cl)c2)ccc1Cl. The number of hydrogen-bond acceptors (Lipinski definition) is 2. The Labute approximate surface area is 129 Å². The van der Waals surface area contributed by atoms with Crippen LogP contribution in [0, 0.1) is 0 Å². The molecule has 0 atom stereocenters. The van der Waals surface area contributed by atoms with Crippen LogP contribution in [-0.2, 0) is 6.54 Å². The lowest BCUT2D eigenvalue weighted by atomic mass is 10.0. The molecule has 20 heavy (non-hydrogen) atoms. The van der Waals surface area contributed by atoms with Crippen molar-refractivity contribution in [3.63, 3.8) is 0 Å². The summed E-state index contributed by atoms with van der Waals surface area (Å²) in [5.41, 5.74) is 3.22. The Bertz CT molecular complexity index is 599. The molecule has 0 aromatic heterocycles. The van der Waals surface area contributed by atoms with Crippen molar-refractivity contribution in [1.82, 2.24) is 5.32 Å². The van der Waals surface area contributed by atoms with Crippen LogP contribution in [0.1, 0.15) is 12.5 Å². The highest BCUT2D eigenvalue weighted by Crippen LogP contribution is 2.31. The topological polar surface area (TPSA) is 21.3 Å². The summed E-state index contributed by atoms with van der Waals surface area (Å²) in [6.45, 7) is 3.74. The molecule has 4 heteroatoms. The minimum absolute atomic E-state index is 0.605. The summed E-state index contributed by atoms with van der Waals surface area (Å²) in [5, 5.41) is 4.66. The van der Waals surface area contributed by atoms with E-state index >= 15 is 0 Å². The van der Waals surface area contributed by atoms with E-state index in [4.69, 9.17) is 27.9 Å². The van der Waals surface area contributed by atoms with Crippen LogP contribution in [0.4, 0.5) is 0 Å². The van der Waals surface area contributed by atoms with Gasteiger partial charge in [-0.1, -0.05) is 42.3 Å². The molecule has 0 amide bonds. The van der Waals surface area contributed by atoms with Crippen LogP contribution >= 0.6 is 23.2 Å². The fourth-order valence-corrected chi connectivity index (χ4v) is 2.44. The largest absolute Gasteiger partial charge is 0.495 e. The smallest absolute Gasteiger partial charge is 0.137 e. The molecule has 2 aromatic carbocycles. The van der Waals surface area contributed by atoms with E-state index in [0.29, 0.717) is 10.8 Å². The van der Waals surface area contributed by atoms with Gasteiger partial charge in [0.25, 0.3) is 0 Å². The summed E-state index contributed by atoms with van der Waals surface area (Å²) in [7, 11) is 1.61. The van der Waals surface area contributed by atoms with Gasteiger partial charge < -0.3 is 10.1 Å². The number of halogens is 2. The average Bonchev–Trinajstić information content (AvgIpc) is 2.46. The number of hydrogen-bond donors (Lipinski definition) is 1. The van der Waals surface area contributed by atoms with Gasteiger partial charge in [0, 0.05) is 11.6 Å². The number of rotatable bonds is 5. The predicted molar refractivity (Wildman–Crippen MR) is 85.8 cm³/mol. The second kappa shape index (κ2) is 6.98. The van der Waals surface area contributed by atoms with Gasteiger partial charge >= 0.3 is 0 Å². The fraction of sp³-hybridized carbons (Fsp3) is 0.250. The fourth-order valence-electron chi connectivity index (χ4n) is 2.00. The summed E-state index contributed by atoms with van der Waals surface area (Å²) in [4.78, 5) is 0. The van der Waals surface area contributed by atoms with Gasteiger partial charge in [-0.15, -0.1) is 0 Å². The normalized spacial score (nSPS) is 10.6. The molecule has 0 aliphatic carbocycles. The molecule has 0 unspecified atom stereocenters. The third kappa shape index (κ3) is 3.45. The lowest BCUT2D eigenvalue weighted by molar-refractivity contribution is 0.415. The summed E-state index contributed by atoms with van der Waals surface area (Å²) in [6, 6.07) is 11.8. The van der Waals surface area contributed by atoms with Gasteiger partial charge in [-0.25, -0.2) is 0 Å². The summed E-state index contributed by atoms with van der Waals surface area (Å²) in [5.74, 6) is 0.678. The predicted octanol–water partition coefficient (Wildman–Crippen LogP) is 4.78. The number of methoxy groups -OCH3 is 1. The minimum atomic E-state index is 0.605. The van der Waals surface area contributed by atoms with Gasteiger partial charge in [0.1, 0.15) is 5.75 Å². The van der Waals surface area contributed by atoms with Crippen LogP contribution in [0.25, 0.3) is 11.1 Å². The monoisotopic (exact) mass is 309 g/mol. The van der Waals surface area contributed by atoms with Gasteiger partial charge in [-0.05, 0) is 47.5 Å². The Morgan fingerprint density at radius 1 is 1.00 bits per heavy atom. The van der Waals surface area contributed by atoms with E-state index in [2.05, 4.69) is 18.3 Å². The molecule has 1 N–H and O–H groups in total. The van der Waals surface area contributed by atoms with Gasteiger partial charge in [0.2, 0.25) is 0 Å². The van der Waals surface area contributed by atoms with Crippen LogP contribution < -0.4 is 10.1 Å². The lowest BCUT2D eigenvalue weighted by Gasteiger charge is -2.10. The highest BCUT2D eigenvalue weighted by Gasteiger charge is 2.06. The van der Waals surface area contributed by atoms with Crippen molar-refractivity contribution in [2.24, 2.45) is 0 Å². The van der Waals surface area contributed by atoms with E-state index in [1.54, 1.807) is 7.11 Å². The number of ether oxygens (including phenoxy) is 1. The Morgan fingerprint density at radius 2 is 1.70 bits per heavy atom. The second-order valence-electron chi connectivity index (χ2n) is 4.44. The van der Waals surface area contributed by atoms with Crippen LogP contribution in [0.2, 0.25) is 10.0 Å². The highest BCUT2D eigenvalue weighted by molar-refractivity contribution is 6.32. The molecule has 0 saturated heterocycles. The zero-order valence-electron chi connectivity index (χ0n) is 11.5. The summed E-state index contributed by atoms with van der Waals surface area (Å²) in [6.07, 6.45) is 0. The Kier molecular flexibility index (Phi) is 5.30. The molecule has 2 rings (SSSR count). The third-order valence-electron chi connectivity index (χ3n) is 3.10. The molecule has 2 aromatic rings. The Balaban J connectivity index is 2.35. The van der Waals surface area contributed by atoms with Crippen molar-refractivity contribution in [2.45, 2.75) is 13.5 Å². The molecule has 2 nitrogen and oxygen atoms in total. The number of benzene rings is 2. The summed E-state index contributed by atoms with van der Waals surface area (Å²) >= 11 is 12.4. The Morgan fingerprint density at radius 3 is 2.35 bits per heavy atom. The minimum Gasteiger partial charge on any atom is -0.495 e. The van der Waals surface area contributed by atoms with Crippen molar-refractivity contribution in [1.29, 1.82) is 0 Å². The first-order chi connectivity index (χ1) is 9.65. The molecule has 0 aliphatic rings. The van der Waals surface area contributed by atoms with Crippen molar-refractivity contribution in [2.75, 3.05) is 13.7 Å². The maximum atomic E-state index is 6.21. The molecule has 0 saturated carbocycles. The van der Waals surface area contributed by atoms with Gasteiger partial charge in [0.05, 0.1) is 12.1 Å². The van der Waals surface area contributed by atoms with E-state index in [1.165, 1.54) is 0 Å². The molecule has 0 spiro atoms. The van der Waals surface area contributed by atoms with E-state index in [1.807, 2.05) is 30.3 Å². The summed E-state index contributed by atoms with van der Waals surface area (Å²) < 4.78 is 5.17. The average molecular weight is 310 g/mol. The zero-order chi connectivity index (χ0) is 14.5. The third-order valence-corrected chi connectivity index (χ3v) is 3.76. The van der Waals surface area contributed by atoms with Crippen molar-refractivity contribution >= 4 is 23.2 Å². The van der Waals surface area contributed by atoms with E-state index in [-0.39, 0.29) is 0 Å². The molecule has 0 heterocycles. The van der Waals surface area contributed by atoms with Crippen LogP contribution in [0.3, 0.4) is 0 Å². The van der Waals surface area contributed by atoms with Crippen molar-refractivity contribution in [3.8, 4) is 16.9 Å². The maximum Gasteiger partial charge on any atom is 0.137 e. The van der Waals surface area contributed by atoms with E-state index in [9.17, 15) is 0 Å². The molecule has 0 radical (unpaired) electrons. The molecule has 106 valence electrons. The van der Waals surface area contributed by atoms with Crippen molar-refractivity contribution in [3.05, 3.63) is 52.0 Å². The van der Waals surface area contributed by atoms with Crippen molar-refractivity contribution < 1.29 is 4.74 Å². The quantitative estimate of drug-likeness (QED) is 0.858. The molecular formula is C16H17Cl2NO. The van der Waals surface area contributed by atoms with Crippen LogP contribution in [0.15, 0.2) is 36.4 Å². The van der Waals surface area contributed by atoms with E-state index in [0.717, 1.165) is 34.8 Å². The zero-order valence-corrected chi connectivity index (χ0v) is 13.1. The van der Waals surface area contributed by atoms with Gasteiger partial charge in [0.15, 0.2) is 0 Å². The van der Waals surface area contributed by atoms with Gasteiger partial charge in [-0.3, -0.25) is 0 Å². The first-order valence-electron chi connectivity index (χ1n) is 6.48. The van der Waals surface area contributed by atoms with E-state index < -0.39 is 0 Å². The Hall–Kier alpha value is -1.22. The highest BCUT2D eigenvalue weighted by atomic mass is 35.5. The standard InChI is InChI=1S/C16H17Cl2NO/c1-3-19-10-13-8-11(4-6-14(13)17)12-5-7-16(20-2)15(18)9-12/h4-9,19H,3,10H2,1-2H3. The first kappa shape index (κ1) is 15.2. The molecule has 0 bridgehead atoms. The van der Waals surface area contributed by atoms with Crippen LogP contribution in [-0.4, -0.2) is 13.7 Å². The number of nitrogens with one attached hydrogen (secondary N) is 1. The van der Waals surface area contributed by atoms with Gasteiger partial charge in [-0.2, -0.15) is 0 Å². The molecule has 0 fully saturated rings. The maximum absolute atomic E-state index is 6.21. The lowest BCUT2D eigenvalue weighted by Crippen LogP contribution is -2.12. The molecular weight excluding hydrogens is 293 g/mol. The van der Waals surface area contributed by atoms with Crippen LogP contribution in [0.5, 0.6) is 5.75 Å². The first-order valence-corrected chi connectivity index (χ1v) is 7.24.